The number of Topliss-reactive ketones (excluding diaryl/α,β-unsaturated/α-hetero) is 1. The van der Waals surface area contributed by atoms with Crippen LogP contribution in [0.2, 0.25) is 0 Å². The Kier molecular flexibility index (Phi) is 6.03. The number of nitro benzene ring substituents is 1. The normalized spacial score (nSPS) is 11.9. The number of nitrogens with zero attached hydrogens (tertiary/aromatic N) is 1. The van der Waals surface area contributed by atoms with Crippen LogP contribution in [0.4, 0.5) is 5.69 Å². The lowest BCUT2D eigenvalue weighted by atomic mass is 10.0. The SMILES string of the molecule is CC(=O)C(NC(=O)COc1cccc([N+](=O)[O-])c1C)C(C)C. The first-order chi connectivity index (χ1) is 10.2. The molecule has 1 aromatic carbocycles. The van der Waals surface area contributed by atoms with E-state index in [0.717, 1.165) is 0 Å². The third-order valence-corrected chi connectivity index (χ3v) is 3.23. The van der Waals surface area contributed by atoms with Crippen LogP contribution in [0.1, 0.15) is 26.3 Å². The van der Waals surface area contributed by atoms with Gasteiger partial charge in [0.15, 0.2) is 12.4 Å². The van der Waals surface area contributed by atoms with E-state index >= 15 is 0 Å². The highest BCUT2D eigenvalue weighted by Crippen LogP contribution is 2.26. The fourth-order valence-corrected chi connectivity index (χ4v) is 2.05. The highest BCUT2D eigenvalue weighted by atomic mass is 16.6. The molecule has 1 unspecified atom stereocenters. The smallest absolute Gasteiger partial charge is 0.276 e. The molecule has 22 heavy (non-hydrogen) atoms. The monoisotopic (exact) mass is 308 g/mol. The summed E-state index contributed by atoms with van der Waals surface area (Å²) >= 11 is 0. The van der Waals surface area contributed by atoms with Crippen molar-refractivity contribution in [1.82, 2.24) is 5.32 Å². The molecule has 0 spiro atoms. The number of rotatable bonds is 7. The maximum absolute atomic E-state index is 11.8. The van der Waals surface area contributed by atoms with E-state index in [-0.39, 0.29) is 29.7 Å². The quantitative estimate of drug-likeness (QED) is 0.613. The topological polar surface area (TPSA) is 98.5 Å². The predicted octanol–water partition coefficient (Wildman–Crippen LogP) is 2.01. The van der Waals surface area contributed by atoms with E-state index < -0.39 is 16.9 Å². The van der Waals surface area contributed by atoms with Crippen molar-refractivity contribution in [3.05, 3.63) is 33.9 Å². The van der Waals surface area contributed by atoms with Crippen LogP contribution in [0.5, 0.6) is 5.75 Å². The number of ketones is 1. The highest BCUT2D eigenvalue weighted by Gasteiger charge is 2.21. The van der Waals surface area contributed by atoms with Crippen molar-refractivity contribution in [1.29, 1.82) is 0 Å². The van der Waals surface area contributed by atoms with Gasteiger partial charge in [-0.05, 0) is 25.8 Å². The summed E-state index contributed by atoms with van der Waals surface area (Å²) in [6, 6.07) is 3.85. The first-order valence-electron chi connectivity index (χ1n) is 6.90. The number of nitrogens with one attached hydrogen (secondary N) is 1. The minimum atomic E-state index is -0.567. The molecule has 0 aromatic heterocycles. The summed E-state index contributed by atoms with van der Waals surface area (Å²) in [5, 5.41) is 13.4. The standard InChI is InChI=1S/C15H20N2O5/c1-9(2)15(11(4)18)16-14(19)8-22-13-7-5-6-12(10(13)3)17(20)21/h5-7,9,15H,8H2,1-4H3,(H,16,19). The van der Waals surface area contributed by atoms with Crippen molar-refractivity contribution >= 4 is 17.4 Å². The lowest BCUT2D eigenvalue weighted by Crippen LogP contribution is -2.45. The van der Waals surface area contributed by atoms with Gasteiger partial charge < -0.3 is 10.1 Å². The van der Waals surface area contributed by atoms with Gasteiger partial charge in [-0.3, -0.25) is 19.7 Å². The van der Waals surface area contributed by atoms with Gasteiger partial charge in [-0.2, -0.15) is 0 Å². The van der Waals surface area contributed by atoms with Crippen molar-refractivity contribution < 1.29 is 19.2 Å². The molecule has 7 nitrogen and oxygen atoms in total. The summed E-state index contributed by atoms with van der Waals surface area (Å²) in [5.41, 5.74) is 0.286. The molecule has 120 valence electrons. The number of carbonyl (C=O) groups is 2. The molecule has 0 saturated heterocycles. The Morgan fingerprint density at radius 2 is 2.00 bits per heavy atom. The Bertz CT molecular complexity index is 583. The summed E-state index contributed by atoms with van der Waals surface area (Å²) in [7, 11) is 0. The number of ether oxygens (including phenoxy) is 1. The van der Waals surface area contributed by atoms with Gasteiger partial charge in [0.1, 0.15) is 5.75 Å². The van der Waals surface area contributed by atoms with Crippen LogP contribution in [0, 0.1) is 23.0 Å². The van der Waals surface area contributed by atoms with Crippen molar-refractivity contribution in [2.45, 2.75) is 33.7 Å². The number of amides is 1. The first-order valence-corrected chi connectivity index (χ1v) is 6.90. The zero-order valence-electron chi connectivity index (χ0n) is 13.1. The summed E-state index contributed by atoms with van der Waals surface area (Å²) < 4.78 is 5.32. The van der Waals surface area contributed by atoms with Crippen LogP contribution < -0.4 is 10.1 Å². The molecular formula is C15H20N2O5. The van der Waals surface area contributed by atoms with Crippen molar-refractivity contribution in [3.8, 4) is 5.75 Å². The lowest BCUT2D eigenvalue weighted by Gasteiger charge is -2.19. The zero-order valence-corrected chi connectivity index (χ0v) is 13.1. The van der Waals surface area contributed by atoms with Gasteiger partial charge in [-0.1, -0.05) is 19.9 Å². The Morgan fingerprint density at radius 3 is 2.50 bits per heavy atom. The van der Waals surface area contributed by atoms with E-state index in [0.29, 0.717) is 5.56 Å². The third-order valence-electron chi connectivity index (χ3n) is 3.23. The molecule has 0 aliphatic rings. The third kappa shape index (κ3) is 4.54. The Labute approximate surface area is 128 Å². The molecule has 0 bridgehead atoms. The Balaban J connectivity index is 2.71. The molecule has 7 heteroatoms. The van der Waals surface area contributed by atoms with Crippen molar-refractivity contribution in [2.75, 3.05) is 6.61 Å². The van der Waals surface area contributed by atoms with Crippen LogP contribution in [0.3, 0.4) is 0 Å². The van der Waals surface area contributed by atoms with Crippen molar-refractivity contribution in [2.24, 2.45) is 5.92 Å². The maximum Gasteiger partial charge on any atom is 0.276 e. The second kappa shape index (κ2) is 7.53. The van der Waals surface area contributed by atoms with Crippen LogP contribution in [0.15, 0.2) is 18.2 Å². The number of hydrogen-bond donors (Lipinski definition) is 1. The second-order valence-corrected chi connectivity index (χ2v) is 5.35. The van der Waals surface area contributed by atoms with Gasteiger partial charge in [-0.15, -0.1) is 0 Å². The first kappa shape index (κ1) is 17.6. The Hall–Kier alpha value is -2.44. The second-order valence-electron chi connectivity index (χ2n) is 5.35. The largest absolute Gasteiger partial charge is 0.483 e. The van der Waals surface area contributed by atoms with Gasteiger partial charge >= 0.3 is 0 Å². The summed E-state index contributed by atoms with van der Waals surface area (Å²) in [6.45, 7) is 6.32. The van der Waals surface area contributed by atoms with E-state index in [1.807, 2.05) is 13.8 Å². The molecule has 0 fully saturated rings. The molecule has 1 atom stereocenters. The van der Waals surface area contributed by atoms with Gasteiger partial charge in [0.25, 0.3) is 11.6 Å². The molecule has 0 saturated carbocycles. The summed E-state index contributed by atoms with van der Waals surface area (Å²) in [6.07, 6.45) is 0. The molecular weight excluding hydrogens is 288 g/mol. The van der Waals surface area contributed by atoms with E-state index in [2.05, 4.69) is 5.32 Å². The highest BCUT2D eigenvalue weighted by molar-refractivity contribution is 5.88. The van der Waals surface area contributed by atoms with Crippen molar-refractivity contribution in [3.63, 3.8) is 0 Å². The molecule has 1 aromatic rings. The maximum atomic E-state index is 11.8. The average molecular weight is 308 g/mol. The molecule has 0 radical (unpaired) electrons. The van der Waals surface area contributed by atoms with Gasteiger partial charge in [0, 0.05) is 6.07 Å². The van der Waals surface area contributed by atoms with Crippen LogP contribution in [-0.2, 0) is 9.59 Å². The van der Waals surface area contributed by atoms with Crippen LogP contribution in [-0.4, -0.2) is 29.3 Å². The molecule has 0 heterocycles. The molecule has 1 rings (SSSR count). The fourth-order valence-electron chi connectivity index (χ4n) is 2.05. The summed E-state index contributed by atoms with van der Waals surface area (Å²) in [4.78, 5) is 33.6. The number of benzene rings is 1. The van der Waals surface area contributed by atoms with Gasteiger partial charge in [-0.25, -0.2) is 0 Å². The predicted molar refractivity (Wildman–Crippen MR) is 80.8 cm³/mol. The van der Waals surface area contributed by atoms with E-state index in [1.54, 1.807) is 13.0 Å². The van der Waals surface area contributed by atoms with Crippen LogP contribution >= 0.6 is 0 Å². The average Bonchev–Trinajstić information content (AvgIpc) is 2.42. The van der Waals surface area contributed by atoms with E-state index in [4.69, 9.17) is 4.74 Å². The number of carbonyl (C=O) groups excluding carboxylic acids is 2. The lowest BCUT2D eigenvalue weighted by molar-refractivity contribution is -0.385. The molecule has 1 amide bonds. The molecule has 0 aliphatic heterocycles. The molecule has 0 aliphatic carbocycles. The van der Waals surface area contributed by atoms with Gasteiger partial charge in [0.05, 0.1) is 16.5 Å². The van der Waals surface area contributed by atoms with Crippen LogP contribution in [0.25, 0.3) is 0 Å². The van der Waals surface area contributed by atoms with E-state index in [1.165, 1.54) is 19.1 Å². The molecule has 1 N–H and O–H groups in total. The van der Waals surface area contributed by atoms with E-state index in [9.17, 15) is 19.7 Å². The minimum absolute atomic E-state index is 0.0269. The number of nitro groups is 1. The summed E-state index contributed by atoms with van der Waals surface area (Å²) in [5.74, 6) is -0.330. The minimum Gasteiger partial charge on any atom is -0.483 e. The number of hydrogen-bond acceptors (Lipinski definition) is 5. The Morgan fingerprint density at radius 1 is 1.36 bits per heavy atom. The van der Waals surface area contributed by atoms with Gasteiger partial charge in [0.2, 0.25) is 0 Å². The fraction of sp³-hybridized carbons (Fsp3) is 0.467. The zero-order chi connectivity index (χ0) is 16.9.